The quantitative estimate of drug-likeness (QED) is 0.337. The van der Waals surface area contributed by atoms with Crippen molar-refractivity contribution >= 4 is 17.7 Å². The number of rotatable bonds is 9. The molecule has 5 heteroatoms. The van der Waals surface area contributed by atoms with Gasteiger partial charge in [-0.2, -0.15) is 0 Å². The second-order valence-electron chi connectivity index (χ2n) is 9.29. The third-order valence-electron chi connectivity index (χ3n) is 6.62. The maximum Gasteiger partial charge on any atom is 0.328 e. The zero-order chi connectivity index (χ0) is 24.9. The van der Waals surface area contributed by atoms with Crippen LogP contribution >= 0.6 is 0 Å². The second kappa shape index (κ2) is 10.7. The Balaban J connectivity index is 1.51. The van der Waals surface area contributed by atoms with E-state index in [1.165, 1.54) is 0 Å². The fraction of sp³-hybridized carbons (Fsp3) is 0.300. The molecule has 0 aliphatic heterocycles. The average Bonchev–Trinajstić information content (AvgIpc) is 3.63. The summed E-state index contributed by atoms with van der Waals surface area (Å²) in [4.78, 5) is 38.5. The van der Waals surface area contributed by atoms with Gasteiger partial charge < -0.3 is 10.1 Å². The lowest BCUT2D eigenvalue weighted by molar-refractivity contribution is -0.146. The van der Waals surface area contributed by atoms with E-state index in [2.05, 4.69) is 29.6 Å². The summed E-state index contributed by atoms with van der Waals surface area (Å²) >= 11 is 0. The first-order chi connectivity index (χ1) is 16.9. The Morgan fingerprint density at radius 2 is 1.26 bits per heavy atom. The van der Waals surface area contributed by atoms with Crippen LogP contribution in [0.1, 0.15) is 64.4 Å². The van der Waals surface area contributed by atoms with Crippen molar-refractivity contribution in [3.8, 4) is 0 Å². The third kappa shape index (κ3) is 5.35. The van der Waals surface area contributed by atoms with Crippen LogP contribution in [0.5, 0.6) is 0 Å². The molecule has 4 atom stereocenters. The summed E-state index contributed by atoms with van der Waals surface area (Å²) in [5.41, 5.74) is 3.30. The van der Waals surface area contributed by atoms with E-state index < -0.39 is 12.0 Å². The highest BCUT2D eigenvalue weighted by atomic mass is 16.5. The van der Waals surface area contributed by atoms with Crippen LogP contribution < -0.4 is 5.32 Å². The van der Waals surface area contributed by atoms with Gasteiger partial charge in [-0.05, 0) is 36.1 Å². The molecule has 3 aromatic carbocycles. The van der Waals surface area contributed by atoms with Gasteiger partial charge in [-0.3, -0.25) is 9.59 Å². The van der Waals surface area contributed by atoms with Crippen molar-refractivity contribution < 1.29 is 19.1 Å². The highest BCUT2D eigenvalue weighted by Crippen LogP contribution is 2.61. The molecule has 1 amide bonds. The lowest BCUT2D eigenvalue weighted by atomic mass is 10.0. The number of carbonyl (C=O) groups is 3. The number of amides is 1. The number of nitrogens with one attached hydrogen (secondary N) is 1. The number of benzene rings is 3. The van der Waals surface area contributed by atoms with E-state index in [1.807, 2.05) is 50.2 Å². The van der Waals surface area contributed by atoms with E-state index in [-0.39, 0.29) is 42.0 Å². The maximum atomic E-state index is 13.5. The zero-order valence-electron chi connectivity index (χ0n) is 20.3. The fourth-order valence-corrected chi connectivity index (χ4v) is 4.75. The van der Waals surface area contributed by atoms with Crippen LogP contribution in [0.25, 0.3) is 0 Å². The minimum atomic E-state index is -0.728. The summed E-state index contributed by atoms with van der Waals surface area (Å²) in [5.74, 6) is -0.740. The number of ketones is 1. The normalized spacial score (nSPS) is 19.6. The molecule has 0 heterocycles. The van der Waals surface area contributed by atoms with Crippen LogP contribution in [0.2, 0.25) is 0 Å². The smallest absolute Gasteiger partial charge is 0.328 e. The zero-order valence-corrected chi connectivity index (χ0v) is 20.3. The van der Waals surface area contributed by atoms with Crippen LogP contribution in [0.15, 0.2) is 84.9 Å². The molecule has 4 rings (SSSR count). The second-order valence-corrected chi connectivity index (χ2v) is 9.29. The Morgan fingerprint density at radius 3 is 1.71 bits per heavy atom. The monoisotopic (exact) mass is 469 g/mol. The van der Waals surface area contributed by atoms with Crippen molar-refractivity contribution in [1.29, 1.82) is 0 Å². The predicted molar refractivity (Wildman–Crippen MR) is 135 cm³/mol. The van der Waals surface area contributed by atoms with Crippen LogP contribution in [-0.2, 0) is 9.53 Å². The van der Waals surface area contributed by atoms with Crippen LogP contribution in [-0.4, -0.2) is 30.3 Å². The molecule has 1 fully saturated rings. The van der Waals surface area contributed by atoms with Crippen molar-refractivity contribution in [2.75, 3.05) is 6.61 Å². The lowest BCUT2D eigenvalue weighted by Gasteiger charge is -2.20. The molecule has 180 valence electrons. The predicted octanol–water partition coefficient (Wildman–Crippen LogP) is 5.38. The molecule has 1 aliphatic carbocycles. The molecule has 0 radical (unpaired) electrons. The maximum absolute atomic E-state index is 13.5. The molecule has 0 saturated heterocycles. The van der Waals surface area contributed by atoms with Gasteiger partial charge in [0.25, 0.3) is 5.91 Å². The van der Waals surface area contributed by atoms with E-state index in [0.29, 0.717) is 11.1 Å². The summed E-state index contributed by atoms with van der Waals surface area (Å²) in [6.07, 6.45) is 0. The van der Waals surface area contributed by atoms with Crippen molar-refractivity contribution in [3.05, 3.63) is 107 Å². The largest absolute Gasteiger partial charge is 0.464 e. The van der Waals surface area contributed by atoms with Gasteiger partial charge in [-0.25, -0.2) is 4.79 Å². The Bertz CT molecular complexity index is 1130. The summed E-state index contributed by atoms with van der Waals surface area (Å²) in [6.45, 7) is 5.69. The molecule has 35 heavy (non-hydrogen) atoms. The Labute approximate surface area is 206 Å². The average molecular weight is 470 g/mol. The van der Waals surface area contributed by atoms with Gasteiger partial charge in [-0.15, -0.1) is 0 Å². The van der Waals surface area contributed by atoms with Crippen molar-refractivity contribution in [1.82, 2.24) is 5.32 Å². The van der Waals surface area contributed by atoms with Crippen LogP contribution in [0, 0.1) is 11.8 Å². The van der Waals surface area contributed by atoms with Crippen molar-refractivity contribution in [2.24, 2.45) is 11.8 Å². The summed E-state index contributed by atoms with van der Waals surface area (Å²) in [5, 5.41) is 2.76. The summed E-state index contributed by atoms with van der Waals surface area (Å²) in [6, 6.07) is 26.3. The van der Waals surface area contributed by atoms with E-state index in [0.717, 1.165) is 11.1 Å². The molecule has 0 spiro atoms. The molecule has 1 saturated carbocycles. The number of esters is 1. The molecule has 5 nitrogen and oxygen atoms in total. The minimum absolute atomic E-state index is 0.0752. The Morgan fingerprint density at radius 1 is 0.771 bits per heavy atom. The molecule has 1 unspecified atom stereocenters. The van der Waals surface area contributed by atoms with Crippen molar-refractivity contribution in [3.63, 3.8) is 0 Å². The SMILES string of the molecule is CCOC(=O)[C@@H](NC(=O)c1ccc(C(=O)C2[C@@H](c3ccccc3)[C@H]2c2ccccc2)cc1)C(C)C. The molecule has 0 aromatic heterocycles. The molecule has 1 aliphatic rings. The van der Waals surface area contributed by atoms with Gasteiger partial charge in [0.15, 0.2) is 5.78 Å². The molecular weight excluding hydrogens is 438 g/mol. The lowest BCUT2D eigenvalue weighted by Crippen LogP contribution is -2.45. The number of carbonyl (C=O) groups excluding carboxylic acids is 3. The van der Waals surface area contributed by atoms with E-state index in [1.54, 1.807) is 31.2 Å². The summed E-state index contributed by atoms with van der Waals surface area (Å²) in [7, 11) is 0. The van der Waals surface area contributed by atoms with Crippen molar-refractivity contribution in [2.45, 2.75) is 38.6 Å². The van der Waals surface area contributed by atoms with Crippen LogP contribution in [0.3, 0.4) is 0 Å². The van der Waals surface area contributed by atoms with E-state index >= 15 is 0 Å². The number of hydrogen-bond donors (Lipinski definition) is 1. The Kier molecular flexibility index (Phi) is 7.45. The molecule has 1 N–H and O–H groups in total. The molecule has 3 aromatic rings. The highest BCUT2D eigenvalue weighted by molar-refractivity contribution is 6.03. The van der Waals surface area contributed by atoms with Gasteiger partial charge >= 0.3 is 5.97 Å². The van der Waals surface area contributed by atoms with Gasteiger partial charge in [0.05, 0.1) is 6.61 Å². The molecule has 0 bridgehead atoms. The third-order valence-corrected chi connectivity index (χ3v) is 6.62. The first-order valence-corrected chi connectivity index (χ1v) is 12.1. The van der Waals surface area contributed by atoms with Gasteiger partial charge in [0, 0.05) is 28.9 Å². The first kappa shape index (κ1) is 24.4. The van der Waals surface area contributed by atoms with Gasteiger partial charge in [0.1, 0.15) is 6.04 Å². The standard InChI is InChI=1S/C30H31NO4/c1-4-35-30(34)27(19(2)3)31-29(33)23-17-15-22(16-18-23)28(32)26-24(20-11-7-5-8-12-20)25(26)21-13-9-6-10-14-21/h5-19,24-27H,4H2,1-3H3,(H,31,33)/t24-,25+,26?,27-/m0/s1. The molecular formula is C30H31NO4. The van der Waals surface area contributed by atoms with Gasteiger partial charge in [-0.1, -0.05) is 86.6 Å². The topological polar surface area (TPSA) is 72.5 Å². The fourth-order valence-electron chi connectivity index (χ4n) is 4.75. The van der Waals surface area contributed by atoms with E-state index in [4.69, 9.17) is 4.74 Å². The number of Topliss-reactive ketones (excluding diaryl/α,β-unsaturated/α-hetero) is 1. The highest BCUT2D eigenvalue weighted by Gasteiger charge is 2.55. The number of hydrogen-bond acceptors (Lipinski definition) is 4. The van der Waals surface area contributed by atoms with Gasteiger partial charge in [0.2, 0.25) is 0 Å². The first-order valence-electron chi connectivity index (χ1n) is 12.1. The minimum Gasteiger partial charge on any atom is -0.464 e. The van der Waals surface area contributed by atoms with Crippen LogP contribution in [0.4, 0.5) is 0 Å². The number of ether oxygens (including phenoxy) is 1. The van der Waals surface area contributed by atoms with E-state index in [9.17, 15) is 14.4 Å². The summed E-state index contributed by atoms with van der Waals surface area (Å²) < 4.78 is 5.08. The Hall–Kier alpha value is -3.73.